The van der Waals surface area contributed by atoms with Gasteiger partial charge in [-0.3, -0.25) is 14.4 Å². The summed E-state index contributed by atoms with van der Waals surface area (Å²) in [6, 6.07) is 23.6. The van der Waals surface area contributed by atoms with E-state index in [2.05, 4.69) is 10.6 Å². The monoisotopic (exact) mass is 416 g/mol. The minimum Gasteiger partial charge on any atom is -0.427 e. The van der Waals surface area contributed by atoms with E-state index in [1.54, 1.807) is 24.3 Å². The van der Waals surface area contributed by atoms with Crippen molar-refractivity contribution in [3.05, 3.63) is 95.6 Å². The number of amides is 2. The van der Waals surface area contributed by atoms with E-state index in [0.29, 0.717) is 36.4 Å². The molecule has 2 amide bonds. The molecule has 0 atom stereocenters. The van der Waals surface area contributed by atoms with Crippen molar-refractivity contribution >= 4 is 23.5 Å². The Balaban J connectivity index is 1.53. The van der Waals surface area contributed by atoms with Crippen LogP contribution in [-0.4, -0.2) is 17.8 Å². The fourth-order valence-electron chi connectivity index (χ4n) is 3.02. The van der Waals surface area contributed by atoms with Crippen molar-refractivity contribution in [3.8, 4) is 5.75 Å². The molecule has 6 heteroatoms. The number of aryl methyl sites for hydroxylation is 1. The number of carbonyl (C=O) groups excluding carboxylic acids is 3. The molecule has 0 bridgehead atoms. The van der Waals surface area contributed by atoms with Crippen LogP contribution in [0.1, 0.15) is 34.8 Å². The van der Waals surface area contributed by atoms with Crippen LogP contribution in [0.15, 0.2) is 78.9 Å². The lowest BCUT2D eigenvalue weighted by molar-refractivity contribution is -0.131. The van der Waals surface area contributed by atoms with Crippen LogP contribution in [0, 0.1) is 0 Å². The summed E-state index contributed by atoms with van der Waals surface area (Å²) in [4.78, 5) is 35.7. The first-order chi connectivity index (χ1) is 15.0. The SMILES string of the molecule is CC(=O)Oc1cccc(C(=O)Nc2cccc(CNC(=O)CCc3ccccc3)c2)c1. The van der Waals surface area contributed by atoms with Crippen LogP contribution in [0.25, 0.3) is 0 Å². The molecule has 3 aromatic rings. The second kappa shape index (κ2) is 10.7. The van der Waals surface area contributed by atoms with E-state index in [0.717, 1.165) is 11.1 Å². The van der Waals surface area contributed by atoms with Gasteiger partial charge in [-0.2, -0.15) is 0 Å². The largest absolute Gasteiger partial charge is 0.427 e. The molecule has 0 fully saturated rings. The molecule has 0 aliphatic rings. The van der Waals surface area contributed by atoms with E-state index < -0.39 is 5.97 Å². The van der Waals surface area contributed by atoms with Gasteiger partial charge < -0.3 is 15.4 Å². The molecule has 6 nitrogen and oxygen atoms in total. The topological polar surface area (TPSA) is 84.5 Å². The molecule has 3 rings (SSSR count). The predicted molar refractivity (Wildman–Crippen MR) is 119 cm³/mol. The summed E-state index contributed by atoms with van der Waals surface area (Å²) in [5, 5.41) is 5.73. The van der Waals surface area contributed by atoms with Crippen LogP contribution in [0.5, 0.6) is 5.75 Å². The Labute approximate surface area is 181 Å². The fourth-order valence-corrected chi connectivity index (χ4v) is 3.02. The molecule has 2 N–H and O–H groups in total. The van der Waals surface area contributed by atoms with Gasteiger partial charge in [0.15, 0.2) is 0 Å². The summed E-state index contributed by atoms with van der Waals surface area (Å²) in [5.74, 6) is -0.484. The zero-order chi connectivity index (χ0) is 22.1. The summed E-state index contributed by atoms with van der Waals surface area (Å²) in [6.45, 7) is 1.68. The van der Waals surface area contributed by atoms with Crippen molar-refractivity contribution in [3.63, 3.8) is 0 Å². The van der Waals surface area contributed by atoms with E-state index >= 15 is 0 Å². The van der Waals surface area contributed by atoms with Gasteiger partial charge in [-0.1, -0.05) is 48.5 Å². The first kappa shape index (κ1) is 21.8. The van der Waals surface area contributed by atoms with Crippen LogP contribution in [0.2, 0.25) is 0 Å². The fraction of sp³-hybridized carbons (Fsp3) is 0.160. The van der Waals surface area contributed by atoms with Gasteiger partial charge in [-0.05, 0) is 47.9 Å². The van der Waals surface area contributed by atoms with Gasteiger partial charge in [-0.15, -0.1) is 0 Å². The summed E-state index contributed by atoms with van der Waals surface area (Å²) in [5.41, 5.74) is 2.98. The van der Waals surface area contributed by atoms with Gasteiger partial charge in [0.25, 0.3) is 5.91 Å². The lowest BCUT2D eigenvalue weighted by Gasteiger charge is -2.10. The molecule has 0 saturated heterocycles. The maximum absolute atomic E-state index is 12.5. The lowest BCUT2D eigenvalue weighted by Crippen LogP contribution is -2.23. The van der Waals surface area contributed by atoms with Crippen LogP contribution in [0.3, 0.4) is 0 Å². The molecule has 31 heavy (non-hydrogen) atoms. The molecule has 0 spiro atoms. The number of esters is 1. The Morgan fingerprint density at radius 1 is 0.839 bits per heavy atom. The second-order valence-corrected chi connectivity index (χ2v) is 7.04. The number of nitrogens with one attached hydrogen (secondary N) is 2. The first-order valence-electron chi connectivity index (χ1n) is 9.99. The Hall–Kier alpha value is -3.93. The summed E-state index contributed by atoms with van der Waals surface area (Å²) in [6.07, 6.45) is 1.11. The van der Waals surface area contributed by atoms with E-state index in [4.69, 9.17) is 4.74 Å². The number of carbonyl (C=O) groups is 3. The van der Waals surface area contributed by atoms with Crippen LogP contribution in [0.4, 0.5) is 5.69 Å². The van der Waals surface area contributed by atoms with E-state index in [9.17, 15) is 14.4 Å². The summed E-state index contributed by atoms with van der Waals surface area (Å²) < 4.78 is 5.02. The summed E-state index contributed by atoms with van der Waals surface area (Å²) in [7, 11) is 0. The third-order valence-electron chi connectivity index (χ3n) is 4.52. The predicted octanol–water partition coefficient (Wildman–Crippen LogP) is 4.11. The average molecular weight is 416 g/mol. The summed E-state index contributed by atoms with van der Waals surface area (Å²) >= 11 is 0. The Morgan fingerprint density at radius 3 is 2.35 bits per heavy atom. The van der Waals surface area contributed by atoms with Gasteiger partial charge in [0.05, 0.1) is 0 Å². The smallest absolute Gasteiger partial charge is 0.308 e. The average Bonchev–Trinajstić information content (AvgIpc) is 2.77. The van der Waals surface area contributed by atoms with E-state index in [1.807, 2.05) is 48.5 Å². The van der Waals surface area contributed by atoms with Crippen molar-refractivity contribution in [2.24, 2.45) is 0 Å². The maximum atomic E-state index is 12.5. The van der Waals surface area contributed by atoms with Crippen molar-refractivity contribution in [2.75, 3.05) is 5.32 Å². The quantitative estimate of drug-likeness (QED) is 0.427. The normalized spacial score (nSPS) is 10.2. The minimum atomic E-state index is -0.448. The molecule has 0 heterocycles. The van der Waals surface area contributed by atoms with Gasteiger partial charge >= 0.3 is 5.97 Å². The van der Waals surface area contributed by atoms with Gasteiger partial charge in [0, 0.05) is 31.1 Å². The van der Waals surface area contributed by atoms with Crippen LogP contribution < -0.4 is 15.4 Å². The number of benzene rings is 3. The standard InChI is InChI=1S/C25H24N2O4/c1-18(28)31-23-12-6-10-21(16-23)25(30)27-22-11-5-9-20(15-22)17-26-24(29)14-13-19-7-3-2-4-8-19/h2-12,15-16H,13-14,17H2,1H3,(H,26,29)(H,27,30). The van der Waals surface area contributed by atoms with Crippen LogP contribution >= 0.6 is 0 Å². The number of hydrogen-bond donors (Lipinski definition) is 2. The number of hydrogen-bond acceptors (Lipinski definition) is 4. The first-order valence-corrected chi connectivity index (χ1v) is 9.99. The number of ether oxygens (including phenoxy) is 1. The number of rotatable bonds is 8. The highest BCUT2D eigenvalue weighted by atomic mass is 16.5. The highest BCUT2D eigenvalue weighted by molar-refractivity contribution is 6.04. The lowest BCUT2D eigenvalue weighted by atomic mass is 10.1. The van der Waals surface area contributed by atoms with Gasteiger partial charge in [-0.25, -0.2) is 0 Å². The molecule has 0 saturated carbocycles. The van der Waals surface area contributed by atoms with Crippen molar-refractivity contribution in [2.45, 2.75) is 26.3 Å². The third kappa shape index (κ3) is 7.12. The molecule has 0 aromatic heterocycles. The molecule has 0 radical (unpaired) electrons. The Bertz CT molecular complexity index is 1060. The molecule has 0 aliphatic heterocycles. The zero-order valence-corrected chi connectivity index (χ0v) is 17.3. The van der Waals surface area contributed by atoms with Crippen molar-refractivity contribution in [1.82, 2.24) is 5.32 Å². The molecular weight excluding hydrogens is 392 g/mol. The molecular formula is C25H24N2O4. The van der Waals surface area contributed by atoms with E-state index in [1.165, 1.54) is 13.0 Å². The second-order valence-electron chi connectivity index (χ2n) is 7.04. The Kier molecular flexibility index (Phi) is 7.54. The Morgan fingerprint density at radius 2 is 1.58 bits per heavy atom. The zero-order valence-electron chi connectivity index (χ0n) is 17.3. The minimum absolute atomic E-state index is 0.0272. The van der Waals surface area contributed by atoms with Gasteiger partial charge in [0.2, 0.25) is 5.91 Å². The van der Waals surface area contributed by atoms with Crippen molar-refractivity contribution in [1.29, 1.82) is 0 Å². The maximum Gasteiger partial charge on any atom is 0.308 e. The third-order valence-corrected chi connectivity index (χ3v) is 4.52. The molecule has 158 valence electrons. The van der Waals surface area contributed by atoms with Crippen LogP contribution in [-0.2, 0) is 22.6 Å². The molecule has 0 aliphatic carbocycles. The number of anilines is 1. The van der Waals surface area contributed by atoms with E-state index in [-0.39, 0.29) is 11.8 Å². The molecule has 3 aromatic carbocycles. The van der Waals surface area contributed by atoms with Gasteiger partial charge in [0.1, 0.15) is 5.75 Å². The highest BCUT2D eigenvalue weighted by Crippen LogP contribution is 2.16. The molecule has 0 unspecified atom stereocenters. The highest BCUT2D eigenvalue weighted by Gasteiger charge is 2.09. The van der Waals surface area contributed by atoms with Crippen molar-refractivity contribution < 1.29 is 19.1 Å².